The highest BCUT2D eigenvalue weighted by Gasteiger charge is 2.42. The minimum atomic E-state index is 0.110. The van der Waals surface area contributed by atoms with Crippen LogP contribution >= 0.6 is 15.9 Å². The number of halogens is 1. The maximum absolute atomic E-state index is 6.13. The number of pyridine rings is 1. The summed E-state index contributed by atoms with van der Waals surface area (Å²) >= 11 is 3.64. The molecule has 0 spiro atoms. The number of benzene rings is 1. The SMILES string of the molecule is CCCOC1C(Br)CC1Oc1cccc2cccnc12. The molecular weight excluding hydrogens is 318 g/mol. The van der Waals surface area contributed by atoms with Gasteiger partial charge in [-0.3, -0.25) is 4.98 Å². The Balaban J connectivity index is 1.76. The van der Waals surface area contributed by atoms with Gasteiger partial charge in [0.2, 0.25) is 0 Å². The van der Waals surface area contributed by atoms with Gasteiger partial charge in [-0.05, 0) is 18.6 Å². The zero-order valence-corrected chi connectivity index (χ0v) is 13.0. The van der Waals surface area contributed by atoms with Crippen molar-refractivity contribution in [2.45, 2.75) is 36.8 Å². The van der Waals surface area contributed by atoms with Crippen LogP contribution < -0.4 is 4.74 Å². The van der Waals surface area contributed by atoms with Gasteiger partial charge >= 0.3 is 0 Å². The molecule has 1 aromatic carbocycles. The summed E-state index contributed by atoms with van der Waals surface area (Å²) in [6.07, 6.45) is 4.04. The molecule has 1 aromatic heterocycles. The average molecular weight is 336 g/mol. The minimum Gasteiger partial charge on any atom is -0.485 e. The molecule has 0 amide bonds. The summed E-state index contributed by atoms with van der Waals surface area (Å²) in [5.74, 6) is 0.845. The maximum Gasteiger partial charge on any atom is 0.146 e. The molecule has 0 saturated heterocycles. The van der Waals surface area contributed by atoms with Crippen LogP contribution in [-0.4, -0.2) is 28.6 Å². The first-order valence-electron chi connectivity index (χ1n) is 7.05. The van der Waals surface area contributed by atoms with Crippen LogP contribution in [0.2, 0.25) is 0 Å². The number of hydrogen-bond acceptors (Lipinski definition) is 3. The van der Waals surface area contributed by atoms with E-state index in [2.05, 4.69) is 27.8 Å². The lowest BCUT2D eigenvalue weighted by Crippen LogP contribution is -2.52. The van der Waals surface area contributed by atoms with Crippen LogP contribution in [0.5, 0.6) is 5.75 Å². The van der Waals surface area contributed by atoms with Crippen molar-refractivity contribution in [3.63, 3.8) is 0 Å². The second kappa shape index (κ2) is 6.10. The largest absolute Gasteiger partial charge is 0.485 e. The zero-order chi connectivity index (χ0) is 13.9. The van der Waals surface area contributed by atoms with Gasteiger partial charge in [-0.15, -0.1) is 0 Å². The van der Waals surface area contributed by atoms with Gasteiger partial charge in [0.05, 0.1) is 0 Å². The van der Waals surface area contributed by atoms with E-state index in [1.807, 2.05) is 30.3 Å². The molecule has 3 rings (SSSR count). The number of alkyl halides is 1. The van der Waals surface area contributed by atoms with E-state index in [0.717, 1.165) is 36.1 Å². The first-order chi connectivity index (χ1) is 9.79. The van der Waals surface area contributed by atoms with Gasteiger partial charge in [-0.1, -0.05) is 41.1 Å². The topological polar surface area (TPSA) is 31.4 Å². The molecule has 2 aromatic rings. The lowest BCUT2D eigenvalue weighted by Gasteiger charge is -2.41. The lowest BCUT2D eigenvalue weighted by molar-refractivity contribution is -0.0757. The van der Waals surface area contributed by atoms with Crippen molar-refractivity contribution in [2.75, 3.05) is 6.61 Å². The number of nitrogens with zero attached hydrogens (tertiary/aromatic N) is 1. The summed E-state index contributed by atoms with van der Waals surface area (Å²) in [5, 5.41) is 1.10. The molecule has 3 nitrogen and oxygen atoms in total. The van der Waals surface area contributed by atoms with E-state index in [-0.39, 0.29) is 12.2 Å². The summed E-state index contributed by atoms with van der Waals surface area (Å²) in [6, 6.07) is 10.0. The summed E-state index contributed by atoms with van der Waals surface area (Å²) < 4.78 is 12.0. The van der Waals surface area contributed by atoms with Gasteiger partial charge in [0.1, 0.15) is 23.5 Å². The van der Waals surface area contributed by atoms with Crippen LogP contribution in [0.4, 0.5) is 0 Å². The molecule has 20 heavy (non-hydrogen) atoms. The molecule has 1 heterocycles. The van der Waals surface area contributed by atoms with E-state index in [1.54, 1.807) is 6.20 Å². The van der Waals surface area contributed by atoms with Gasteiger partial charge in [0, 0.05) is 29.4 Å². The number of aromatic nitrogens is 1. The Morgan fingerprint density at radius 2 is 2.15 bits per heavy atom. The van der Waals surface area contributed by atoms with E-state index < -0.39 is 0 Å². The molecular formula is C16H18BrNO2. The number of para-hydroxylation sites is 1. The third kappa shape index (κ3) is 2.67. The first-order valence-corrected chi connectivity index (χ1v) is 7.97. The molecule has 1 fully saturated rings. The van der Waals surface area contributed by atoms with Crippen molar-refractivity contribution in [1.82, 2.24) is 4.98 Å². The Bertz CT molecular complexity index is 584. The van der Waals surface area contributed by atoms with E-state index in [4.69, 9.17) is 9.47 Å². The molecule has 0 N–H and O–H groups in total. The van der Waals surface area contributed by atoms with Crippen LogP contribution in [-0.2, 0) is 4.74 Å². The van der Waals surface area contributed by atoms with Gasteiger partial charge in [-0.2, -0.15) is 0 Å². The van der Waals surface area contributed by atoms with Gasteiger partial charge < -0.3 is 9.47 Å². The maximum atomic E-state index is 6.13. The standard InChI is InChI=1S/C16H18BrNO2/c1-2-9-19-16-12(17)10-14(16)20-13-7-3-5-11-6-4-8-18-15(11)13/h3-8,12,14,16H,2,9-10H2,1H3. The predicted molar refractivity (Wildman–Crippen MR) is 83.5 cm³/mol. The lowest BCUT2D eigenvalue weighted by atomic mass is 9.91. The first kappa shape index (κ1) is 13.8. The van der Waals surface area contributed by atoms with Gasteiger partial charge in [-0.25, -0.2) is 0 Å². The number of ether oxygens (including phenoxy) is 2. The van der Waals surface area contributed by atoms with Crippen molar-refractivity contribution in [1.29, 1.82) is 0 Å². The Labute approximate surface area is 127 Å². The Morgan fingerprint density at radius 1 is 1.30 bits per heavy atom. The molecule has 0 bridgehead atoms. The van der Waals surface area contributed by atoms with Crippen LogP contribution in [0.15, 0.2) is 36.5 Å². The van der Waals surface area contributed by atoms with Crippen LogP contribution in [0.25, 0.3) is 10.9 Å². The van der Waals surface area contributed by atoms with Crippen molar-refractivity contribution in [3.05, 3.63) is 36.5 Å². The average Bonchev–Trinajstić information content (AvgIpc) is 2.47. The molecule has 3 atom stereocenters. The number of rotatable bonds is 5. The van der Waals surface area contributed by atoms with Crippen molar-refractivity contribution in [3.8, 4) is 5.75 Å². The molecule has 3 unspecified atom stereocenters. The molecule has 0 radical (unpaired) electrons. The Hall–Kier alpha value is -1.13. The summed E-state index contributed by atoms with van der Waals surface area (Å²) in [6.45, 7) is 2.90. The van der Waals surface area contributed by atoms with Gasteiger partial charge in [0.15, 0.2) is 0 Å². The van der Waals surface area contributed by atoms with Gasteiger partial charge in [0.25, 0.3) is 0 Å². The van der Waals surface area contributed by atoms with E-state index in [1.165, 1.54) is 0 Å². The highest BCUT2D eigenvalue weighted by atomic mass is 79.9. The molecule has 0 aliphatic heterocycles. The van der Waals surface area contributed by atoms with Crippen molar-refractivity contribution < 1.29 is 9.47 Å². The van der Waals surface area contributed by atoms with E-state index >= 15 is 0 Å². The normalized spacial score (nSPS) is 25.4. The quantitative estimate of drug-likeness (QED) is 0.775. The van der Waals surface area contributed by atoms with Crippen molar-refractivity contribution in [2.24, 2.45) is 0 Å². The summed E-state index contributed by atoms with van der Waals surface area (Å²) in [7, 11) is 0. The fraction of sp³-hybridized carbons (Fsp3) is 0.438. The monoisotopic (exact) mass is 335 g/mol. The third-order valence-corrected chi connectivity index (χ3v) is 4.46. The molecule has 4 heteroatoms. The minimum absolute atomic E-state index is 0.110. The summed E-state index contributed by atoms with van der Waals surface area (Å²) in [4.78, 5) is 4.81. The fourth-order valence-corrected chi connectivity index (χ4v) is 3.30. The highest BCUT2D eigenvalue weighted by Crippen LogP contribution is 2.35. The van der Waals surface area contributed by atoms with Crippen molar-refractivity contribution >= 4 is 26.8 Å². The molecule has 106 valence electrons. The van der Waals surface area contributed by atoms with E-state index in [9.17, 15) is 0 Å². The number of fused-ring (bicyclic) bond motifs is 1. The second-order valence-electron chi connectivity index (χ2n) is 5.07. The van der Waals surface area contributed by atoms with E-state index in [0.29, 0.717) is 4.83 Å². The fourth-order valence-electron chi connectivity index (χ4n) is 2.44. The Kier molecular flexibility index (Phi) is 4.22. The predicted octanol–water partition coefficient (Wildman–Crippen LogP) is 3.94. The van der Waals surface area contributed by atoms with Crippen LogP contribution in [0.1, 0.15) is 19.8 Å². The zero-order valence-electron chi connectivity index (χ0n) is 11.5. The number of hydrogen-bond donors (Lipinski definition) is 0. The second-order valence-corrected chi connectivity index (χ2v) is 6.25. The Morgan fingerprint density at radius 3 is 2.95 bits per heavy atom. The third-order valence-electron chi connectivity index (χ3n) is 3.57. The van der Waals surface area contributed by atoms with Crippen LogP contribution in [0.3, 0.4) is 0 Å². The molecule has 1 aliphatic rings. The van der Waals surface area contributed by atoms with Crippen LogP contribution in [0, 0.1) is 0 Å². The smallest absolute Gasteiger partial charge is 0.146 e. The summed E-state index contributed by atoms with van der Waals surface area (Å²) in [5.41, 5.74) is 0.919. The molecule has 1 aliphatic carbocycles. The molecule has 1 saturated carbocycles. The highest BCUT2D eigenvalue weighted by molar-refractivity contribution is 9.09.